The normalized spacial score (nSPS) is 14.4. The summed E-state index contributed by atoms with van der Waals surface area (Å²) < 4.78 is 0. The fourth-order valence-electron chi connectivity index (χ4n) is 1.72. The van der Waals surface area contributed by atoms with Gasteiger partial charge >= 0.3 is 5.97 Å². The molecule has 2 atom stereocenters. The van der Waals surface area contributed by atoms with E-state index < -0.39 is 23.3 Å². The Morgan fingerprint density at radius 1 is 1.20 bits per heavy atom. The van der Waals surface area contributed by atoms with E-state index in [1.165, 1.54) is 0 Å². The van der Waals surface area contributed by atoms with Crippen molar-refractivity contribution in [1.29, 1.82) is 0 Å². The molecule has 0 heterocycles. The van der Waals surface area contributed by atoms with Gasteiger partial charge in [0.15, 0.2) is 0 Å². The largest absolute Gasteiger partial charge is 0.481 e. The van der Waals surface area contributed by atoms with E-state index in [0.717, 1.165) is 5.56 Å². The molecule has 0 aliphatic heterocycles. The van der Waals surface area contributed by atoms with E-state index in [1.54, 1.807) is 52.0 Å². The minimum absolute atomic E-state index is 0.208. The van der Waals surface area contributed by atoms with E-state index in [-0.39, 0.29) is 5.91 Å². The zero-order valence-corrected chi connectivity index (χ0v) is 12.9. The van der Waals surface area contributed by atoms with Crippen molar-refractivity contribution in [3.05, 3.63) is 34.9 Å². The number of hydrogen-bond donors (Lipinski definition) is 2. The molecule has 20 heavy (non-hydrogen) atoms. The predicted octanol–water partition coefficient (Wildman–Crippen LogP) is 2.84. The van der Waals surface area contributed by atoms with Gasteiger partial charge < -0.3 is 10.4 Å². The Labute approximate surface area is 124 Å². The van der Waals surface area contributed by atoms with Crippen molar-refractivity contribution < 1.29 is 14.7 Å². The van der Waals surface area contributed by atoms with Crippen LogP contribution in [0.3, 0.4) is 0 Å². The molecule has 1 rings (SSSR count). The van der Waals surface area contributed by atoms with E-state index in [2.05, 4.69) is 5.32 Å². The average molecular weight is 298 g/mol. The molecule has 1 amide bonds. The highest BCUT2D eigenvalue weighted by molar-refractivity contribution is 6.30. The Hall–Kier alpha value is -1.55. The van der Waals surface area contributed by atoms with Crippen LogP contribution >= 0.6 is 11.6 Å². The summed E-state index contributed by atoms with van der Waals surface area (Å²) in [7, 11) is 0. The number of carboxylic acid groups (broad SMARTS) is 1. The number of rotatable bonds is 5. The Kier molecular flexibility index (Phi) is 5.17. The third kappa shape index (κ3) is 3.73. The highest BCUT2D eigenvalue weighted by Crippen LogP contribution is 2.25. The fraction of sp³-hybridized carbons (Fsp3) is 0.467. The number of carboxylic acids is 1. The highest BCUT2D eigenvalue weighted by atomic mass is 35.5. The van der Waals surface area contributed by atoms with Crippen LogP contribution in [0.1, 0.15) is 33.3 Å². The molecule has 0 spiro atoms. The fourth-order valence-corrected chi connectivity index (χ4v) is 1.85. The lowest BCUT2D eigenvalue weighted by atomic mass is 9.83. The van der Waals surface area contributed by atoms with Crippen LogP contribution in [0.25, 0.3) is 0 Å². The van der Waals surface area contributed by atoms with Crippen molar-refractivity contribution >= 4 is 23.5 Å². The Morgan fingerprint density at radius 3 is 2.15 bits per heavy atom. The van der Waals surface area contributed by atoms with E-state index in [1.807, 2.05) is 0 Å². The van der Waals surface area contributed by atoms with Crippen LogP contribution in [-0.4, -0.2) is 23.0 Å². The van der Waals surface area contributed by atoms with Gasteiger partial charge in [-0.1, -0.05) is 23.7 Å². The predicted molar refractivity (Wildman–Crippen MR) is 78.9 cm³/mol. The standard InChI is InChI=1S/C15H20ClNO3/c1-9(13(18)19)10(2)17-14(20)15(3,4)11-5-7-12(16)8-6-11/h5-10H,1-4H3,(H,17,20)(H,18,19). The summed E-state index contributed by atoms with van der Waals surface area (Å²) in [6.45, 7) is 6.85. The van der Waals surface area contributed by atoms with E-state index in [9.17, 15) is 9.59 Å². The number of benzene rings is 1. The van der Waals surface area contributed by atoms with E-state index in [4.69, 9.17) is 16.7 Å². The topological polar surface area (TPSA) is 66.4 Å². The first-order valence-electron chi connectivity index (χ1n) is 6.46. The third-order valence-corrected chi connectivity index (χ3v) is 3.88. The van der Waals surface area contributed by atoms with Crippen LogP contribution in [0, 0.1) is 5.92 Å². The minimum atomic E-state index is -0.929. The van der Waals surface area contributed by atoms with E-state index in [0.29, 0.717) is 5.02 Å². The molecule has 0 bridgehead atoms. The second-order valence-corrected chi connectivity index (χ2v) is 5.96. The summed E-state index contributed by atoms with van der Waals surface area (Å²) in [4.78, 5) is 23.3. The molecule has 0 aromatic heterocycles. The second-order valence-electron chi connectivity index (χ2n) is 5.52. The highest BCUT2D eigenvalue weighted by Gasteiger charge is 2.32. The van der Waals surface area contributed by atoms with Crippen LogP contribution in [-0.2, 0) is 15.0 Å². The molecule has 2 unspecified atom stereocenters. The molecule has 5 heteroatoms. The maximum Gasteiger partial charge on any atom is 0.308 e. The zero-order valence-electron chi connectivity index (χ0n) is 12.1. The van der Waals surface area contributed by atoms with Crippen molar-refractivity contribution in [3.63, 3.8) is 0 Å². The number of carbonyl (C=O) groups is 2. The lowest BCUT2D eigenvalue weighted by Gasteiger charge is -2.27. The number of nitrogens with one attached hydrogen (secondary N) is 1. The molecule has 0 saturated heterocycles. The number of carbonyl (C=O) groups excluding carboxylic acids is 1. The summed E-state index contributed by atoms with van der Waals surface area (Å²) in [5, 5.41) is 12.3. The van der Waals surface area contributed by atoms with Crippen LogP contribution in [0.15, 0.2) is 24.3 Å². The quantitative estimate of drug-likeness (QED) is 0.878. The molecule has 0 radical (unpaired) electrons. The maximum atomic E-state index is 12.4. The summed E-state index contributed by atoms with van der Waals surface area (Å²) in [5.41, 5.74) is 0.0754. The Morgan fingerprint density at radius 2 is 1.70 bits per heavy atom. The van der Waals surface area contributed by atoms with Gasteiger partial charge in [0.05, 0.1) is 11.3 Å². The maximum absolute atomic E-state index is 12.4. The zero-order chi connectivity index (χ0) is 15.5. The molecule has 0 aliphatic rings. The molecular formula is C15H20ClNO3. The SMILES string of the molecule is CC(NC(=O)C(C)(C)c1ccc(Cl)cc1)C(C)C(=O)O. The van der Waals surface area contributed by atoms with Gasteiger partial charge in [0, 0.05) is 11.1 Å². The molecule has 0 saturated carbocycles. The summed E-state index contributed by atoms with van der Waals surface area (Å²) in [5.74, 6) is -1.78. The molecule has 0 fully saturated rings. The van der Waals surface area contributed by atoms with Crippen molar-refractivity contribution in [3.8, 4) is 0 Å². The van der Waals surface area contributed by atoms with E-state index >= 15 is 0 Å². The monoisotopic (exact) mass is 297 g/mol. The average Bonchev–Trinajstić information content (AvgIpc) is 2.37. The third-order valence-electron chi connectivity index (χ3n) is 3.63. The summed E-state index contributed by atoms with van der Waals surface area (Å²) in [6, 6.07) is 6.62. The van der Waals surface area contributed by atoms with Gasteiger partial charge in [-0.2, -0.15) is 0 Å². The first kappa shape index (κ1) is 16.5. The summed E-state index contributed by atoms with van der Waals surface area (Å²) >= 11 is 5.84. The van der Waals surface area contributed by atoms with Gasteiger partial charge in [-0.25, -0.2) is 0 Å². The smallest absolute Gasteiger partial charge is 0.308 e. The number of aliphatic carboxylic acids is 1. The minimum Gasteiger partial charge on any atom is -0.481 e. The van der Waals surface area contributed by atoms with Crippen LogP contribution in [0.5, 0.6) is 0 Å². The van der Waals surface area contributed by atoms with Gasteiger partial charge in [0.25, 0.3) is 0 Å². The molecule has 0 aliphatic carbocycles. The lowest BCUT2D eigenvalue weighted by molar-refractivity contribution is -0.142. The van der Waals surface area contributed by atoms with Crippen LogP contribution in [0.2, 0.25) is 5.02 Å². The molecule has 110 valence electrons. The number of halogens is 1. The van der Waals surface area contributed by atoms with Gasteiger partial charge in [0.1, 0.15) is 0 Å². The van der Waals surface area contributed by atoms with Crippen LogP contribution in [0.4, 0.5) is 0 Å². The number of amides is 1. The number of hydrogen-bond acceptors (Lipinski definition) is 2. The van der Waals surface area contributed by atoms with Gasteiger partial charge in [-0.3, -0.25) is 9.59 Å². The molecule has 1 aromatic carbocycles. The van der Waals surface area contributed by atoms with Crippen molar-refractivity contribution in [2.24, 2.45) is 5.92 Å². The second kappa shape index (κ2) is 6.27. The lowest BCUT2D eigenvalue weighted by Crippen LogP contribution is -2.47. The van der Waals surface area contributed by atoms with Gasteiger partial charge in [-0.05, 0) is 45.4 Å². The van der Waals surface area contributed by atoms with Crippen LogP contribution < -0.4 is 5.32 Å². The molecule has 1 aromatic rings. The Bertz CT molecular complexity index is 496. The van der Waals surface area contributed by atoms with Crippen molar-refractivity contribution in [1.82, 2.24) is 5.32 Å². The van der Waals surface area contributed by atoms with Crippen molar-refractivity contribution in [2.45, 2.75) is 39.2 Å². The Balaban J connectivity index is 2.84. The van der Waals surface area contributed by atoms with Gasteiger partial charge in [0.2, 0.25) is 5.91 Å². The summed E-state index contributed by atoms with van der Waals surface area (Å²) in [6.07, 6.45) is 0. The molecular weight excluding hydrogens is 278 g/mol. The molecule has 4 nitrogen and oxygen atoms in total. The first-order chi connectivity index (χ1) is 9.16. The molecule has 2 N–H and O–H groups in total. The first-order valence-corrected chi connectivity index (χ1v) is 6.84. The van der Waals surface area contributed by atoms with Crippen molar-refractivity contribution in [2.75, 3.05) is 0 Å². The van der Waals surface area contributed by atoms with Gasteiger partial charge in [-0.15, -0.1) is 0 Å².